The van der Waals surface area contributed by atoms with E-state index in [9.17, 15) is 9.90 Å². The highest BCUT2D eigenvalue weighted by atomic mass is 16.5. The zero-order chi connectivity index (χ0) is 15.2. The number of ether oxygens (including phenoxy) is 2. The lowest BCUT2D eigenvalue weighted by atomic mass is 10.2. The maximum atomic E-state index is 11.4. The van der Waals surface area contributed by atoms with Crippen LogP contribution in [-0.4, -0.2) is 38.3 Å². The third-order valence-electron chi connectivity index (χ3n) is 3.42. The fourth-order valence-electron chi connectivity index (χ4n) is 2.05. The Balaban J connectivity index is 1.78. The molecule has 1 saturated carbocycles. The van der Waals surface area contributed by atoms with Gasteiger partial charge < -0.3 is 25.2 Å². The molecule has 2 rings (SSSR count). The number of hydrogen-bond donors (Lipinski definition) is 3. The Kier molecular flexibility index (Phi) is 5.27. The molecule has 1 aromatic rings. The van der Waals surface area contributed by atoms with Crippen molar-refractivity contribution in [3.05, 3.63) is 17.7 Å². The molecule has 1 aliphatic rings. The van der Waals surface area contributed by atoms with Gasteiger partial charge in [-0.2, -0.15) is 0 Å². The Labute approximate surface area is 124 Å². The van der Waals surface area contributed by atoms with Gasteiger partial charge in [-0.15, -0.1) is 0 Å². The third-order valence-corrected chi connectivity index (χ3v) is 3.42. The third kappa shape index (κ3) is 4.26. The summed E-state index contributed by atoms with van der Waals surface area (Å²) in [7, 11) is 3.00. The van der Waals surface area contributed by atoms with Gasteiger partial charge in [-0.25, -0.2) is 0 Å². The number of carbonyl (C=O) groups excluding carboxylic acids is 1. The van der Waals surface area contributed by atoms with Crippen LogP contribution in [0.15, 0.2) is 12.1 Å². The van der Waals surface area contributed by atoms with Crippen LogP contribution in [0.5, 0.6) is 17.2 Å². The fourth-order valence-corrected chi connectivity index (χ4v) is 2.05. The molecular formula is C15H22N2O4. The van der Waals surface area contributed by atoms with E-state index in [4.69, 9.17) is 9.47 Å². The smallest absolute Gasteiger partial charge is 0.223 e. The van der Waals surface area contributed by atoms with Crippen molar-refractivity contribution >= 4 is 5.91 Å². The topological polar surface area (TPSA) is 79.8 Å². The largest absolute Gasteiger partial charge is 0.502 e. The molecule has 1 aromatic carbocycles. The molecule has 21 heavy (non-hydrogen) atoms. The number of phenols is 1. The van der Waals surface area contributed by atoms with Gasteiger partial charge in [0, 0.05) is 25.6 Å². The van der Waals surface area contributed by atoms with Crippen molar-refractivity contribution in [1.82, 2.24) is 10.6 Å². The molecule has 0 heterocycles. The summed E-state index contributed by atoms with van der Waals surface area (Å²) in [6, 6.07) is 3.52. The summed E-state index contributed by atoms with van der Waals surface area (Å²) in [4.78, 5) is 11.4. The number of amides is 1. The van der Waals surface area contributed by atoms with Crippen molar-refractivity contribution in [2.45, 2.75) is 19.4 Å². The molecular weight excluding hydrogens is 272 g/mol. The number of nitrogens with one attached hydrogen (secondary N) is 2. The number of phenolic OH excluding ortho intramolecular Hbond substituents is 1. The van der Waals surface area contributed by atoms with Crippen LogP contribution in [0.3, 0.4) is 0 Å². The van der Waals surface area contributed by atoms with Crippen molar-refractivity contribution in [2.75, 3.05) is 27.3 Å². The zero-order valence-electron chi connectivity index (χ0n) is 12.4. The average molecular weight is 294 g/mol. The van der Waals surface area contributed by atoms with Crippen molar-refractivity contribution in [3.63, 3.8) is 0 Å². The summed E-state index contributed by atoms with van der Waals surface area (Å²) in [6.07, 6.45) is 2.04. The normalized spacial score (nSPS) is 13.8. The Morgan fingerprint density at radius 3 is 2.38 bits per heavy atom. The predicted octanol–water partition coefficient (Wildman–Crippen LogP) is 1.03. The van der Waals surface area contributed by atoms with Crippen LogP contribution in [-0.2, 0) is 11.3 Å². The van der Waals surface area contributed by atoms with Crippen molar-refractivity contribution < 1.29 is 19.4 Å². The van der Waals surface area contributed by atoms with Gasteiger partial charge in [-0.1, -0.05) is 0 Å². The summed E-state index contributed by atoms with van der Waals surface area (Å²) < 4.78 is 10.2. The van der Waals surface area contributed by atoms with Gasteiger partial charge in [0.2, 0.25) is 11.7 Å². The summed E-state index contributed by atoms with van der Waals surface area (Å²) in [6.45, 7) is 1.90. The molecule has 0 saturated heterocycles. The Bertz CT molecular complexity index is 475. The van der Waals surface area contributed by atoms with E-state index in [0.29, 0.717) is 31.1 Å². The SMILES string of the molecule is COc1cc(CNCCNC(=O)C2CC2)cc(OC)c1O. The first-order chi connectivity index (χ1) is 10.2. The Morgan fingerprint density at radius 1 is 1.24 bits per heavy atom. The van der Waals surface area contributed by atoms with E-state index in [2.05, 4.69) is 10.6 Å². The first kappa shape index (κ1) is 15.4. The summed E-state index contributed by atoms with van der Waals surface area (Å²) in [5, 5.41) is 15.9. The first-order valence-corrected chi connectivity index (χ1v) is 7.08. The van der Waals surface area contributed by atoms with Gasteiger partial charge in [0.05, 0.1) is 14.2 Å². The lowest BCUT2D eigenvalue weighted by Crippen LogP contribution is -2.32. The van der Waals surface area contributed by atoms with Crippen LogP contribution in [0.1, 0.15) is 18.4 Å². The van der Waals surface area contributed by atoms with Gasteiger partial charge in [0.1, 0.15) is 0 Å². The molecule has 0 spiro atoms. The van der Waals surface area contributed by atoms with E-state index in [1.54, 1.807) is 12.1 Å². The highest BCUT2D eigenvalue weighted by Crippen LogP contribution is 2.36. The highest BCUT2D eigenvalue weighted by molar-refractivity contribution is 5.80. The molecule has 1 fully saturated rings. The Morgan fingerprint density at radius 2 is 1.86 bits per heavy atom. The molecule has 0 unspecified atom stereocenters. The lowest BCUT2D eigenvalue weighted by molar-refractivity contribution is -0.122. The average Bonchev–Trinajstić information content (AvgIpc) is 3.32. The van der Waals surface area contributed by atoms with Crippen LogP contribution < -0.4 is 20.1 Å². The molecule has 0 atom stereocenters. The summed E-state index contributed by atoms with van der Waals surface area (Å²) in [5.41, 5.74) is 0.940. The maximum Gasteiger partial charge on any atom is 0.223 e. The van der Waals surface area contributed by atoms with Crippen molar-refractivity contribution in [2.24, 2.45) is 5.92 Å². The second-order valence-corrected chi connectivity index (χ2v) is 5.09. The molecule has 0 radical (unpaired) electrons. The maximum absolute atomic E-state index is 11.4. The van der Waals surface area contributed by atoms with E-state index in [1.807, 2.05) is 0 Å². The number of methoxy groups -OCH3 is 2. The second-order valence-electron chi connectivity index (χ2n) is 5.09. The zero-order valence-corrected chi connectivity index (χ0v) is 12.4. The number of carbonyl (C=O) groups is 1. The van der Waals surface area contributed by atoms with Gasteiger partial charge in [-0.05, 0) is 30.5 Å². The van der Waals surface area contributed by atoms with E-state index in [0.717, 1.165) is 18.4 Å². The van der Waals surface area contributed by atoms with Crippen molar-refractivity contribution in [1.29, 1.82) is 0 Å². The van der Waals surface area contributed by atoms with Crippen LogP contribution in [0.2, 0.25) is 0 Å². The van der Waals surface area contributed by atoms with Gasteiger partial charge >= 0.3 is 0 Å². The molecule has 0 bridgehead atoms. The van der Waals surface area contributed by atoms with Gasteiger partial charge in [0.25, 0.3) is 0 Å². The van der Waals surface area contributed by atoms with E-state index in [1.165, 1.54) is 14.2 Å². The molecule has 6 nitrogen and oxygen atoms in total. The summed E-state index contributed by atoms with van der Waals surface area (Å²) >= 11 is 0. The number of benzene rings is 1. The highest BCUT2D eigenvalue weighted by Gasteiger charge is 2.28. The van der Waals surface area contributed by atoms with E-state index >= 15 is 0 Å². The second kappa shape index (κ2) is 7.17. The molecule has 116 valence electrons. The van der Waals surface area contributed by atoms with Crippen LogP contribution in [0.4, 0.5) is 0 Å². The quantitative estimate of drug-likeness (QED) is 0.624. The molecule has 1 aliphatic carbocycles. The minimum absolute atomic E-state index is 0.000414. The first-order valence-electron chi connectivity index (χ1n) is 7.08. The van der Waals surface area contributed by atoms with Gasteiger partial charge in [0.15, 0.2) is 11.5 Å². The van der Waals surface area contributed by atoms with Crippen LogP contribution in [0.25, 0.3) is 0 Å². The number of rotatable bonds is 8. The predicted molar refractivity (Wildman–Crippen MR) is 78.7 cm³/mol. The molecule has 6 heteroatoms. The fraction of sp³-hybridized carbons (Fsp3) is 0.533. The molecule has 3 N–H and O–H groups in total. The summed E-state index contributed by atoms with van der Waals surface area (Å²) in [5.74, 6) is 1.17. The number of hydrogen-bond acceptors (Lipinski definition) is 5. The molecule has 0 aliphatic heterocycles. The minimum Gasteiger partial charge on any atom is -0.502 e. The van der Waals surface area contributed by atoms with E-state index < -0.39 is 0 Å². The van der Waals surface area contributed by atoms with Gasteiger partial charge in [-0.3, -0.25) is 4.79 Å². The van der Waals surface area contributed by atoms with Crippen LogP contribution in [0, 0.1) is 5.92 Å². The Hall–Kier alpha value is -1.95. The van der Waals surface area contributed by atoms with E-state index in [-0.39, 0.29) is 17.6 Å². The minimum atomic E-state index is 0.000414. The standard InChI is InChI=1S/C15H22N2O4/c1-20-12-7-10(8-13(21-2)14(12)18)9-16-5-6-17-15(19)11-3-4-11/h7-8,11,16,18H,3-6,9H2,1-2H3,(H,17,19). The lowest BCUT2D eigenvalue weighted by Gasteiger charge is -2.12. The van der Waals surface area contributed by atoms with Crippen LogP contribution >= 0.6 is 0 Å². The molecule has 0 aromatic heterocycles. The number of aromatic hydroxyl groups is 1. The monoisotopic (exact) mass is 294 g/mol. The van der Waals surface area contributed by atoms with Crippen molar-refractivity contribution in [3.8, 4) is 17.2 Å². The molecule has 1 amide bonds.